The number of ether oxygens (including phenoxy) is 1. The Hall–Kier alpha value is -1.11. The molecule has 0 aromatic carbocycles. The van der Waals surface area contributed by atoms with Crippen LogP contribution in [-0.4, -0.2) is 52.8 Å². The first-order valence-corrected chi connectivity index (χ1v) is 7.69. The number of hydrogen-bond acceptors (Lipinski definition) is 5. The Kier molecular flexibility index (Phi) is 5.24. The second-order valence-electron chi connectivity index (χ2n) is 6.20. The molecule has 1 saturated heterocycles. The summed E-state index contributed by atoms with van der Waals surface area (Å²) in [6, 6.07) is 0.436. The van der Waals surface area contributed by atoms with E-state index in [9.17, 15) is 5.11 Å². The minimum absolute atomic E-state index is 0.0528. The SMILES string of the molecule is Cc1nn(C)c(N2CC(C)OC(CO)C2)c1CNC(C)C. The van der Waals surface area contributed by atoms with E-state index in [4.69, 9.17) is 4.74 Å². The van der Waals surface area contributed by atoms with Crippen LogP contribution < -0.4 is 10.2 Å². The first kappa shape index (κ1) is 16.3. The van der Waals surface area contributed by atoms with Crippen molar-refractivity contribution in [2.24, 2.45) is 7.05 Å². The average molecular weight is 296 g/mol. The van der Waals surface area contributed by atoms with Crippen LogP contribution in [0.4, 0.5) is 5.82 Å². The van der Waals surface area contributed by atoms with E-state index in [0.29, 0.717) is 12.6 Å². The fourth-order valence-corrected chi connectivity index (χ4v) is 2.92. The molecule has 0 bridgehead atoms. The van der Waals surface area contributed by atoms with E-state index in [0.717, 1.165) is 24.6 Å². The Morgan fingerprint density at radius 3 is 2.76 bits per heavy atom. The van der Waals surface area contributed by atoms with Crippen LogP contribution in [-0.2, 0) is 18.3 Å². The van der Waals surface area contributed by atoms with E-state index >= 15 is 0 Å². The molecule has 1 aromatic rings. The first-order chi connectivity index (χ1) is 9.92. The summed E-state index contributed by atoms with van der Waals surface area (Å²) in [4.78, 5) is 2.28. The Morgan fingerprint density at radius 2 is 2.14 bits per heavy atom. The van der Waals surface area contributed by atoms with Crippen molar-refractivity contribution in [3.63, 3.8) is 0 Å². The lowest BCUT2D eigenvalue weighted by atomic mass is 10.1. The van der Waals surface area contributed by atoms with Gasteiger partial charge in [-0.2, -0.15) is 5.10 Å². The molecule has 120 valence electrons. The number of nitrogens with zero attached hydrogens (tertiary/aromatic N) is 3. The van der Waals surface area contributed by atoms with Crippen LogP contribution in [0, 0.1) is 6.92 Å². The van der Waals surface area contributed by atoms with Crippen molar-refractivity contribution in [3.8, 4) is 0 Å². The maximum Gasteiger partial charge on any atom is 0.131 e. The van der Waals surface area contributed by atoms with Crippen LogP contribution in [0.1, 0.15) is 32.0 Å². The van der Waals surface area contributed by atoms with E-state index in [1.807, 2.05) is 25.6 Å². The standard InChI is InChI=1S/C15H28N4O2/c1-10(2)16-6-14-12(4)17-18(5)15(14)19-7-11(3)21-13(8-19)9-20/h10-11,13,16,20H,6-9H2,1-5H3. The van der Waals surface area contributed by atoms with Crippen molar-refractivity contribution >= 4 is 5.82 Å². The molecule has 2 unspecified atom stereocenters. The van der Waals surface area contributed by atoms with Gasteiger partial charge in [-0.1, -0.05) is 13.8 Å². The quantitative estimate of drug-likeness (QED) is 0.842. The van der Waals surface area contributed by atoms with Crippen molar-refractivity contribution in [2.75, 3.05) is 24.6 Å². The number of nitrogens with one attached hydrogen (secondary N) is 1. The number of hydrogen-bond donors (Lipinski definition) is 2. The maximum absolute atomic E-state index is 9.41. The number of aryl methyl sites for hydroxylation is 2. The highest BCUT2D eigenvalue weighted by Gasteiger charge is 2.29. The molecular weight excluding hydrogens is 268 g/mol. The molecule has 0 spiro atoms. The van der Waals surface area contributed by atoms with E-state index in [-0.39, 0.29) is 18.8 Å². The van der Waals surface area contributed by atoms with E-state index in [2.05, 4.69) is 29.2 Å². The molecule has 2 atom stereocenters. The molecule has 0 aliphatic carbocycles. The monoisotopic (exact) mass is 296 g/mol. The number of morpholine rings is 1. The molecular formula is C15H28N4O2. The molecule has 2 rings (SSSR count). The van der Waals surface area contributed by atoms with Crippen LogP contribution in [0.5, 0.6) is 0 Å². The molecule has 1 aliphatic heterocycles. The number of aliphatic hydroxyl groups excluding tert-OH is 1. The molecule has 21 heavy (non-hydrogen) atoms. The molecule has 6 heteroatoms. The fourth-order valence-electron chi connectivity index (χ4n) is 2.92. The number of aromatic nitrogens is 2. The molecule has 0 saturated carbocycles. The summed E-state index contributed by atoms with van der Waals surface area (Å²) in [6.07, 6.45) is -0.0214. The van der Waals surface area contributed by atoms with Crippen LogP contribution in [0.15, 0.2) is 0 Å². The normalized spacial score (nSPS) is 23.1. The first-order valence-electron chi connectivity index (χ1n) is 7.69. The fraction of sp³-hybridized carbons (Fsp3) is 0.800. The highest BCUT2D eigenvalue weighted by atomic mass is 16.5. The Morgan fingerprint density at radius 1 is 1.43 bits per heavy atom. The van der Waals surface area contributed by atoms with Gasteiger partial charge in [0.2, 0.25) is 0 Å². The second kappa shape index (κ2) is 6.77. The third-order valence-corrected chi connectivity index (χ3v) is 3.83. The summed E-state index contributed by atoms with van der Waals surface area (Å²) in [5.74, 6) is 1.13. The summed E-state index contributed by atoms with van der Waals surface area (Å²) < 4.78 is 7.68. The van der Waals surface area contributed by atoms with Crippen molar-refractivity contribution < 1.29 is 9.84 Å². The van der Waals surface area contributed by atoms with Gasteiger partial charge in [0.25, 0.3) is 0 Å². The lowest BCUT2D eigenvalue weighted by Crippen LogP contribution is -2.49. The summed E-state index contributed by atoms with van der Waals surface area (Å²) in [6.45, 7) is 10.8. The topological polar surface area (TPSA) is 62.6 Å². The van der Waals surface area contributed by atoms with Gasteiger partial charge in [-0.25, -0.2) is 0 Å². The number of rotatable bonds is 5. The summed E-state index contributed by atoms with van der Waals surface area (Å²) in [5, 5.41) is 17.4. The third kappa shape index (κ3) is 3.75. The molecule has 1 fully saturated rings. The average Bonchev–Trinajstić information content (AvgIpc) is 2.69. The van der Waals surface area contributed by atoms with Gasteiger partial charge in [-0.15, -0.1) is 0 Å². The van der Waals surface area contributed by atoms with E-state index < -0.39 is 0 Å². The zero-order valence-electron chi connectivity index (χ0n) is 13.8. The maximum atomic E-state index is 9.41. The Labute approximate surface area is 127 Å². The zero-order valence-corrected chi connectivity index (χ0v) is 13.8. The third-order valence-electron chi connectivity index (χ3n) is 3.83. The van der Waals surface area contributed by atoms with Gasteiger partial charge in [0.15, 0.2) is 0 Å². The van der Waals surface area contributed by atoms with Crippen molar-refractivity contribution in [3.05, 3.63) is 11.3 Å². The molecule has 0 radical (unpaired) electrons. The van der Waals surface area contributed by atoms with Gasteiger partial charge >= 0.3 is 0 Å². The summed E-state index contributed by atoms with van der Waals surface area (Å²) in [5.41, 5.74) is 2.29. The highest BCUT2D eigenvalue weighted by molar-refractivity contribution is 5.50. The van der Waals surface area contributed by atoms with Gasteiger partial charge in [-0.05, 0) is 13.8 Å². The van der Waals surface area contributed by atoms with Gasteiger partial charge in [0.05, 0.1) is 24.5 Å². The molecule has 0 amide bonds. The zero-order chi connectivity index (χ0) is 15.6. The highest BCUT2D eigenvalue weighted by Crippen LogP contribution is 2.26. The molecule has 2 N–H and O–H groups in total. The smallest absolute Gasteiger partial charge is 0.131 e. The predicted octanol–water partition coefficient (Wildman–Crippen LogP) is 0.813. The molecule has 1 aliphatic rings. The van der Waals surface area contributed by atoms with Crippen LogP contribution in [0.2, 0.25) is 0 Å². The van der Waals surface area contributed by atoms with Gasteiger partial charge in [0, 0.05) is 38.3 Å². The lowest BCUT2D eigenvalue weighted by Gasteiger charge is -2.37. The van der Waals surface area contributed by atoms with Crippen LogP contribution in [0.25, 0.3) is 0 Å². The van der Waals surface area contributed by atoms with E-state index in [1.165, 1.54) is 5.56 Å². The molecule has 2 heterocycles. The van der Waals surface area contributed by atoms with Gasteiger partial charge < -0.3 is 20.1 Å². The van der Waals surface area contributed by atoms with Gasteiger partial charge in [0.1, 0.15) is 5.82 Å². The minimum Gasteiger partial charge on any atom is -0.394 e. The number of anilines is 1. The van der Waals surface area contributed by atoms with Crippen molar-refractivity contribution in [1.29, 1.82) is 0 Å². The van der Waals surface area contributed by atoms with Crippen LogP contribution in [0.3, 0.4) is 0 Å². The second-order valence-corrected chi connectivity index (χ2v) is 6.20. The van der Waals surface area contributed by atoms with Crippen LogP contribution >= 0.6 is 0 Å². The van der Waals surface area contributed by atoms with Crippen molar-refractivity contribution in [2.45, 2.75) is 52.5 Å². The summed E-state index contributed by atoms with van der Waals surface area (Å²) in [7, 11) is 1.98. The van der Waals surface area contributed by atoms with Gasteiger partial charge in [-0.3, -0.25) is 4.68 Å². The molecule has 6 nitrogen and oxygen atoms in total. The van der Waals surface area contributed by atoms with Crippen molar-refractivity contribution in [1.82, 2.24) is 15.1 Å². The predicted molar refractivity (Wildman–Crippen MR) is 83.6 cm³/mol. The lowest BCUT2D eigenvalue weighted by molar-refractivity contribution is -0.0424. The largest absolute Gasteiger partial charge is 0.394 e. The minimum atomic E-state index is -0.130. The summed E-state index contributed by atoms with van der Waals surface area (Å²) >= 11 is 0. The Bertz CT molecular complexity index is 472. The number of aliphatic hydroxyl groups is 1. The van der Waals surface area contributed by atoms with E-state index in [1.54, 1.807) is 0 Å². The molecule has 1 aromatic heterocycles. The Balaban J connectivity index is 2.25.